The zero-order valence-corrected chi connectivity index (χ0v) is 17.3. The maximum absolute atomic E-state index is 12.8. The first-order valence-electron chi connectivity index (χ1n) is 9.40. The van der Waals surface area contributed by atoms with Crippen molar-refractivity contribution >= 4 is 15.9 Å². The second kappa shape index (κ2) is 9.77. The molecule has 0 fully saturated rings. The Morgan fingerprint density at radius 2 is 1.60 bits per heavy atom. The van der Waals surface area contributed by atoms with Gasteiger partial charge in [-0.1, -0.05) is 54.6 Å². The number of allylic oxidation sites excluding steroid dienone is 1. The van der Waals surface area contributed by atoms with Crippen LogP contribution in [-0.2, 0) is 16.4 Å². The van der Waals surface area contributed by atoms with E-state index in [0.29, 0.717) is 30.3 Å². The Hall–Kier alpha value is -3.56. The molecule has 0 amide bonds. The van der Waals surface area contributed by atoms with Crippen LogP contribution in [0.25, 0.3) is 6.08 Å². The van der Waals surface area contributed by atoms with Crippen LogP contribution in [0.3, 0.4) is 0 Å². The third-order valence-electron chi connectivity index (χ3n) is 4.26. The van der Waals surface area contributed by atoms with Crippen molar-refractivity contribution in [3.05, 3.63) is 94.9 Å². The molecule has 3 aromatic rings. The third kappa shape index (κ3) is 5.07. The van der Waals surface area contributed by atoms with Gasteiger partial charge in [0, 0.05) is 0 Å². The van der Waals surface area contributed by atoms with Gasteiger partial charge >= 0.3 is 0 Å². The van der Waals surface area contributed by atoms with Gasteiger partial charge in [0.25, 0.3) is 0 Å². The third-order valence-corrected chi connectivity index (χ3v) is 5.94. The number of hydrogen-bond donors (Lipinski definition) is 0. The van der Waals surface area contributed by atoms with Crippen molar-refractivity contribution < 1.29 is 17.9 Å². The first-order valence-corrected chi connectivity index (χ1v) is 10.9. The quantitative estimate of drug-likeness (QED) is 0.480. The average molecular weight is 420 g/mol. The van der Waals surface area contributed by atoms with Crippen LogP contribution in [0.1, 0.15) is 18.1 Å². The molecule has 0 aliphatic rings. The molecule has 152 valence electrons. The van der Waals surface area contributed by atoms with E-state index in [2.05, 4.69) is 0 Å². The van der Waals surface area contributed by atoms with Gasteiger partial charge in [-0.25, -0.2) is 8.42 Å². The number of nitriles is 1. The lowest BCUT2D eigenvalue weighted by molar-refractivity contribution is 0.269. The molecule has 3 rings (SSSR count). The van der Waals surface area contributed by atoms with Gasteiger partial charge in [0.2, 0.25) is 9.84 Å². The summed E-state index contributed by atoms with van der Waals surface area (Å²) in [5.41, 5.74) is 1.55. The summed E-state index contributed by atoms with van der Waals surface area (Å²) in [5, 5.41) is 9.47. The molecule has 0 aromatic heterocycles. The predicted molar refractivity (Wildman–Crippen MR) is 116 cm³/mol. The van der Waals surface area contributed by atoms with Gasteiger partial charge in [-0.3, -0.25) is 0 Å². The lowest BCUT2D eigenvalue weighted by atomic mass is 10.2. The van der Waals surface area contributed by atoms with Gasteiger partial charge in [0.15, 0.2) is 11.5 Å². The van der Waals surface area contributed by atoms with Crippen LogP contribution >= 0.6 is 0 Å². The van der Waals surface area contributed by atoms with Crippen LogP contribution in [0.15, 0.2) is 88.7 Å². The minimum absolute atomic E-state index is 0.0747. The number of hydrogen-bond acceptors (Lipinski definition) is 5. The molecule has 0 N–H and O–H groups in total. The molecular formula is C24H21NO4S. The highest BCUT2D eigenvalue weighted by atomic mass is 32.2. The maximum Gasteiger partial charge on any atom is 0.216 e. The highest BCUT2D eigenvalue weighted by molar-refractivity contribution is 7.95. The largest absolute Gasteiger partial charge is 0.490 e. The predicted octanol–water partition coefficient (Wildman–Crippen LogP) is 5.00. The minimum atomic E-state index is -3.90. The molecule has 0 saturated heterocycles. The second-order valence-corrected chi connectivity index (χ2v) is 8.27. The molecule has 0 aliphatic heterocycles. The van der Waals surface area contributed by atoms with E-state index >= 15 is 0 Å². The van der Waals surface area contributed by atoms with Crippen LogP contribution in [0.5, 0.6) is 11.5 Å². The van der Waals surface area contributed by atoms with Gasteiger partial charge in [-0.2, -0.15) is 5.26 Å². The average Bonchev–Trinajstić information content (AvgIpc) is 2.78. The van der Waals surface area contributed by atoms with Gasteiger partial charge in [-0.05, 0) is 48.4 Å². The van der Waals surface area contributed by atoms with E-state index in [0.717, 1.165) is 5.56 Å². The van der Waals surface area contributed by atoms with Crippen LogP contribution in [0.4, 0.5) is 0 Å². The summed E-state index contributed by atoms with van der Waals surface area (Å²) in [7, 11) is -3.90. The Bertz CT molecular complexity index is 1160. The molecule has 5 nitrogen and oxygen atoms in total. The normalized spacial score (nSPS) is 11.5. The second-order valence-electron chi connectivity index (χ2n) is 6.35. The summed E-state index contributed by atoms with van der Waals surface area (Å²) >= 11 is 0. The van der Waals surface area contributed by atoms with E-state index in [4.69, 9.17) is 9.47 Å². The summed E-state index contributed by atoms with van der Waals surface area (Å²) in [4.78, 5) is -0.264. The standard InChI is InChI=1S/C24H21NO4S/c1-2-28-24-16-20(13-14-23(24)29-18-19-9-5-3-6-10-19)15-22(17-25)30(26,27)21-11-7-4-8-12-21/h3-16H,2,18H2,1H3/b22-15-. The molecule has 0 aliphatic carbocycles. The first-order chi connectivity index (χ1) is 14.5. The van der Waals surface area contributed by atoms with Crippen LogP contribution in [0.2, 0.25) is 0 Å². The summed E-state index contributed by atoms with van der Waals surface area (Å²) in [6, 6.07) is 24.5. The fraction of sp³-hybridized carbons (Fsp3) is 0.125. The fourth-order valence-corrected chi connectivity index (χ4v) is 3.97. The van der Waals surface area contributed by atoms with Crippen molar-refractivity contribution in [2.75, 3.05) is 6.61 Å². The molecular weight excluding hydrogens is 398 g/mol. The molecule has 3 aromatic carbocycles. The summed E-state index contributed by atoms with van der Waals surface area (Å²) in [6.45, 7) is 2.65. The van der Waals surface area contributed by atoms with Gasteiger partial charge in [0.1, 0.15) is 17.6 Å². The van der Waals surface area contributed by atoms with Crippen molar-refractivity contribution in [3.8, 4) is 17.6 Å². The Morgan fingerprint density at radius 3 is 2.23 bits per heavy atom. The topological polar surface area (TPSA) is 76.4 Å². The number of benzene rings is 3. The molecule has 0 heterocycles. The first kappa shape index (κ1) is 21.2. The molecule has 0 spiro atoms. The van der Waals surface area contributed by atoms with Gasteiger partial charge in [0.05, 0.1) is 11.5 Å². The van der Waals surface area contributed by atoms with E-state index in [1.165, 1.54) is 18.2 Å². The van der Waals surface area contributed by atoms with Crippen LogP contribution < -0.4 is 9.47 Å². The Kier molecular flexibility index (Phi) is 6.89. The number of nitrogens with zero attached hydrogens (tertiary/aromatic N) is 1. The number of sulfone groups is 1. The van der Waals surface area contributed by atoms with E-state index < -0.39 is 9.84 Å². The molecule has 0 radical (unpaired) electrons. The smallest absolute Gasteiger partial charge is 0.216 e. The van der Waals surface area contributed by atoms with Crippen molar-refractivity contribution in [1.82, 2.24) is 0 Å². The maximum atomic E-state index is 12.8. The van der Waals surface area contributed by atoms with E-state index in [1.54, 1.807) is 42.5 Å². The summed E-state index contributed by atoms with van der Waals surface area (Å²) in [5.74, 6) is 1.03. The molecule has 6 heteroatoms. The molecule has 0 saturated carbocycles. The van der Waals surface area contributed by atoms with Gasteiger partial charge < -0.3 is 9.47 Å². The van der Waals surface area contributed by atoms with E-state index in [9.17, 15) is 13.7 Å². The molecule has 0 atom stereocenters. The van der Waals surface area contributed by atoms with Crippen LogP contribution in [-0.4, -0.2) is 15.0 Å². The van der Waals surface area contributed by atoms with Crippen molar-refractivity contribution in [1.29, 1.82) is 5.26 Å². The Labute approximate surface area is 176 Å². The zero-order valence-electron chi connectivity index (χ0n) is 16.5. The van der Waals surface area contributed by atoms with Gasteiger partial charge in [-0.15, -0.1) is 0 Å². The highest BCUT2D eigenvalue weighted by Crippen LogP contribution is 2.31. The highest BCUT2D eigenvalue weighted by Gasteiger charge is 2.20. The fourth-order valence-electron chi connectivity index (χ4n) is 2.79. The Balaban J connectivity index is 1.90. The van der Waals surface area contributed by atoms with Crippen molar-refractivity contribution in [2.45, 2.75) is 18.4 Å². The van der Waals surface area contributed by atoms with E-state index in [1.807, 2.05) is 37.3 Å². The molecule has 30 heavy (non-hydrogen) atoms. The van der Waals surface area contributed by atoms with Crippen molar-refractivity contribution in [3.63, 3.8) is 0 Å². The Morgan fingerprint density at radius 1 is 0.933 bits per heavy atom. The summed E-state index contributed by atoms with van der Waals surface area (Å²) in [6.07, 6.45) is 1.34. The lowest BCUT2D eigenvalue weighted by Crippen LogP contribution is -2.03. The molecule has 0 unspecified atom stereocenters. The molecule has 0 bridgehead atoms. The van der Waals surface area contributed by atoms with Crippen LogP contribution in [0, 0.1) is 11.3 Å². The number of ether oxygens (including phenoxy) is 2. The van der Waals surface area contributed by atoms with Crippen molar-refractivity contribution in [2.24, 2.45) is 0 Å². The SMILES string of the molecule is CCOc1cc(/C=C(/C#N)S(=O)(=O)c2ccccc2)ccc1OCc1ccccc1. The summed E-state index contributed by atoms with van der Waals surface area (Å²) < 4.78 is 37.1. The monoisotopic (exact) mass is 419 g/mol. The number of rotatable bonds is 8. The minimum Gasteiger partial charge on any atom is -0.490 e. The lowest BCUT2D eigenvalue weighted by Gasteiger charge is -2.13. The van der Waals surface area contributed by atoms with E-state index in [-0.39, 0.29) is 9.80 Å². The zero-order chi connectivity index (χ0) is 21.4.